The van der Waals surface area contributed by atoms with Crippen LogP contribution in [0.25, 0.3) is 0 Å². The Hall–Kier alpha value is -3.04. The fourth-order valence-electron chi connectivity index (χ4n) is 2.71. The fourth-order valence-corrected chi connectivity index (χ4v) is 4.01. The van der Waals surface area contributed by atoms with Crippen molar-refractivity contribution in [1.82, 2.24) is 0 Å². The molecule has 0 radical (unpaired) electrons. The smallest absolute Gasteiger partial charge is 0.351 e. The molecule has 130 valence electrons. The highest BCUT2D eigenvalue weighted by molar-refractivity contribution is 8.05. The van der Waals surface area contributed by atoms with Crippen molar-refractivity contribution in [3.8, 4) is 6.07 Å². The van der Waals surface area contributed by atoms with Gasteiger partial charge in [-0.3, -0.25) is 9.69 Å². The largest absolute Gasteiger partial charge is 0.465 e. The number of hydrogen-bond donors (Lipinski definition) is 0. The van der Waals surface area contributed by atoms with E-state index < -0.39 is 11.2 Å². The van der Waals surface area contributed by atoms with Crippen LogP contribution in [0.2, 0.25) is 0 Å². The molecule has 26 heavy (non-hydrogen) atoms. The van der Waals surface area contributed by atoms with Crippen molar-refractivity contribution in [2.24, 2.45) is 0 Å². The third kappa shape index (κ3) is 3.48. The van der Waals surface area contributed by atoms with Crippen molar-refractivity contribution >= 4 is 29.3 Å². The Morgan fingerprint density at radius 2 is 1.77 bits per heavy atom. The Morgan fingerprint density at radius 3 is 2.35 bits per heavy atom. The first-order valence-electron chi connectivity index (χ1n) is 7.98. The topological polar surface area (TPSA) is 70.4 Å². The van der Waals surface area contributed by atoms with Gasteiger partial charge in [0.25, 0.3) is 0 Å². The molecule has 0 aliphatic carbocycles. The number of thioether (sulfide) groups is 1. The first kappa shape index (κ1) is 17.8. The predicted octanol–water partition coefficient (Wildman–Crippen LogP) is 3.29. The van der Waals surface area contributed by atoms with Gasteiger partial charge in [-0.1, -0.05) is 60.3 Å². The molecule has 1 aliphatic heterocycles. The highest BCUT2D eigenvalue weighted by Gasteiger charge is 2.40. The van der Waals surface area contributed by atoms with E-state index in [-0.39, 0.29) is 11.5 Å². The lowest BCUT2D eigenvalue weighted by Gasteiger charge is -2.18. The Labute approximate surface area is 155 Å². The van der Waals surface area contributed by atoms with Crippen LogP contribution in [0.15, 0.2) is 71.3 Å². The first-order valence-corrected chi connectivity index (χ1v) is 8.86. The minimum absolute atomic E-state index is 0.156. The second-order valence-corrected chi connectivity index (χ2v) is 6.78. The first-order chi connectivity index (χ1) is 12.7. The van der Waals surface area contributed by atoms with Gasteiger partial charge in [-0.05, 0) is 24.1 Å². The van der Waals surface area contributed by atoms with E-state index in [1.807, 2.05) is 42.5 Å². The van der Waals surface area contributed by atoms with Crippen LogP contribution >= 0.6 is 11.8 Å². The molecule has 1 heterocycles. The van der Waals surface area contributed by atoms with E-state index in [0.29, 0.717) is 17.1 Å². The van der Waals surface area contributed by atoms with Crippen molar-refractivity contribution in [3.63, 3.8) is 0 Å². The molecule has 1 aliphatic rings. The van der Waals surface area contributed by atoms with Gasteiger partial charge in [0.15, 0.2) is 5.57 Å². The summed E-state index contributed by atoms with van der Waals surface area (Å²) >= 11 is 1.23. The lowest BCUT2D eigenvalue weighted by molar-refractivity contribution is -0.135. The molecule has 1 atom stereocenters. The Kier molecular flexibility index (Phi) is 5.40. The summed E-state index contributed by atoms with van der Waals surface area (Å²) in [7, 11) is 1.22. The molecule has 3 rings (SSSR count). The minimum Gasteiger partial charge on any atom is -0.465 e. The molecule has 6 heteroatoms. The Bertz CT molecular complexity index is 888. The average molecular weight is 364 g/mol. The molecule has 0 N–H and O–H groups in total. The van der Waals surface area contributed by atoms with E-state index in [9.17, 15) is 14.9 Å². The normalized spacial score (nSPS) is 18.4. The lowest BCUT2D eigenvalue weighted by Crippen LogP contribution is -2.30. The summed E-state index contributed by atoms with van der Waals surface area (Å²) in [5, 5.41) is 9.35. The number of rotatable bonds is 4. The molecule has 0 spiro atoms. The summed E-state index contributed by atoms with van der Waals surface area (Å²) in [6.07, 6.45) is 0.511. The van der Waals surface area contributed by atoms with E-state index in [1.165, 1.54) is 23.8 Å². The van der Waals surface area contributed by atoms with E-state index in [4.69, 9.17) is 4.74 Å². The van der Waals surface area contributed by atoms with Gasteiger partial charge in [0, 0.05) is 5.69 Å². The fraction of sp³-hybridized carbons (Fsp3) is 0.150. The number of carbonyl (C=O) groups is 2. The number of anilines is 1. The summed E-state index contributed by atoms with van der Waals surface area (Å²) in [4.78, 5) is 26.5. The molecule has 0 aromatic heterocycles. The molecule has 0 saturated carbocycles. The number of carbonyl (C=O) groups excluding carboxylic acids is 2. The maximum atomic E-state index is 13.1. The molecule has 2 aromatic carbocycles. The van der Waals surface area contributed by atoms with Gasteiger partial charge in [0.2, 0.25) is 5.91 Å². The number of amides is 1. The second-order valence-electron chi connectivity index (χ2n) is 5.59. The van der Waals surface area contributed by atoms with Crippen LogP contribution in [0.4, 0.5) is 5.69 Å². The second kappa shape index (κ2) is 7.89. The molecule has 5 nitrogen and oxygen atoms in total. The number of nitriles is 1. The summed E-state index contributed by atoms with van der Waals surface area (Å²) in [6, 6.07) is 20.5. The third-order valence-electron chi connectivity index (χ3n) is 3.95. The van der Waals surface area contributed by atoms with Gasteiger partial charge in [-0.2, -0.15) is 5.26 Å². The molecule has 1 fully saturated rings. The quantitative estimate of drug-likeness (QED) is 0.473. The SMILES string of the molecule is COC(=O)/C(C#N)=C1\S[C@H](Cc2ccccc2)C(=O)N1c1ccccc1. The zero-order valence-electron chi connectivity index (χ0n) is 14.1. The third-order valence-corrected chi connectivity index (χ3v) is 5.21. The minimum atomic E-state index is -0.746. The predicted molar refractivity (Wildman–Crippen MR) is 100 cm³/mol. The Balaban J connectivity index is 2.03. The van der Waals surface area contributed by atoms with Crippen LogP contribution < -0.4 is 4.90 Å². The number of methoxy groups -OCH3 is 1. The maximum absolute atomic E-state index is 13.1. The van der Waals surface area contributed by atoms with Crippen molar-refractivity contribution in [2.45, 2.75) is 11.7 Å². The summed E-state index contributed by atoms with van der Waals surface area (Å²) in [5.41, 5.74) is 1.47. The van der Waals surface area contributed by atoms with E-state index in [2.05, 4.69) is 0 Å². The van der Waals surface area contributed by atoms with Crippen LogP contribution in [0.5, 0.6) is 0 Å². The van der Waals surface area contributed by atoms with Crippen molar-refractivity contribution in [1.29, 1.82) is 5.26 Å². The van der Waals surface area contributed by atoms with E-state index >= 15 is 0 Å². The standard InChI is InChI=1S/C20H16N2O3S/c1-25-20(24)16(13-21)19-22(15-10-6-3-7-11-15)18(23)17(26-19)12-14-8-4-2-5-9-14/h2-11,17H,12H2,1H3/b19-16-/t17-/m1/s1. The highest BCUT2D eigenvalue weighted by atomic mass is 32.2. The zero-order valence-corrected chi connectivity index (χ0v) is 14.9. The monoisotopic (exact) mass is 364 g/mol. The molecule has 1 amide bonds. The number of nitrogens with zero attached hydrogens (tertiary/aromatic N) is 2. The zero-order chi connectivity index (χ0) is 18.5. The van der Waals surface area contributed by atoms with Crippen molar-refractivity contribution < 1.29 is 14.3 Å². The van der Waals surface area contributed by atoms with Crippen molar-refractivity contribution in [2.75, 3.05) is 12.0 Å². The molecule has 0 unspecified atom stereocenters. The van der Waals surface area contributed by atoms with Gasteiger partial charge in [0.1, 0.15) is 11.1 Å². The van der Waals surface area contributed by atoms with Gasteiger partial charge in [0.05, 0.1) is 12.4 Å². The number of esters is 1. The maximum Gasteiger partial charge on any atom is 0.351 e. The van der Waals surface area contributed by atoms with Crippen LogP contribution in [0, 0.1) is 11.3 Å². The summed E-state index contributed by atoms with van der Waals surface area (Å²) < 4.78 is 4.72. The molecular weight excluding hydrogens is 348 g/mol. The van der Waals surface area contributed by atoms with Gasteiger partial charge < -0.3 is 4.74 Å². The summed E-state index contributed by atoms with van der Waals surface area (Å²) in [5.74, 6) is -0.902. The Morgan fingerprint density at radius 1 is 1.15 bits per heavy atom. The van der Waals surface area contributed by atoms with Crippen molar-refractivity contribution in [3.05, 3.63) is 76.8 Å². The molecule has 1 saturated heterocycles. The van der Waals surface area contributed by atoms with Gasteiger partial charge in [-0.15, -0.1) is 0 Å². The summed E-state index contributed by atoms with van der Waals surface area (Å²) in [6.45, 7) is 0. The van der Waals surface area contributed by atoms with Crippen LogP contribution in [-0.4, -0.2) is 24.2 Å². The van der Waals surface area contributed by atoms with Crippen LogP contribution in [-0.2, 0) is 20.7 Å². The van der Waals surface area contributed by atoms with Crippen LogP contribution in [0.3, 0.4) is 0 Å². The van der Waals surface area contributed by atoms with E-state index in [1.54, 1.807) is 24.3 Å². The number of ether oxygens (including phenoxy) is 1. The number of benzene rings is 2. The average Bonchev–Trinajstić information content (AvgIpc) is 2.99. The van der Waals surface area contributed by atoms with Gasteiger partial charge >= 0.3 is 5.97 Å². The van der Waals surface area contributed by atoms with Crippen LogP contribution in [0.1, 0.15) is 5.56 Å². The number of para-hydroxylation sites is 1. The van der Waals surface area contributed by atoms with E-state index in [0.717, 1.165) is 5.56 Å². The lowest BCUT2D eigenvalue weighted by atomic mass is 10.1. The highest BCUT2D eigenvalue weighted by Crippen LogP contribution is 2.41. The van der Waals surface area contributed by atoms with Gasteiger partial charge in [-0.25, -0.2) is 4.79 Å². The molecule has 2 aromatic rings. The molecule has 0 bridgehead atoms. The number of hydrogen-bond acceptors (Lipinski definition) is 5. The molecular formula is C20H16N2O3S.